The van der Waals surface area contributed by atoms with Gasteiger partial charge < -0.3 is 0 Å². The van der Waals surface area contributed by atoms with Gasteiger partial charge in [-0.3, -0.25) is 0 Å². The van der Waals surface area contributed by atoms with Gasteiger partial charge in [-0.2, -0.15) is 0 Å². The first-order valence-electron chi connectivity index (χ1n) is 2.90. The van der Waals surface area contributed by atoms with Crippen LogP contribution in [0.15, 0.2) is 0 Å². The molecule has 1 fully saturated rings. The highest BCUT2D eigenvalue weighted by atomic mass is 35.5. The van der Waals surface area contributed by atoms with E-state index < -0.39 is 0 Å². The van der Waals surface area contributed by atoms with Gasteiger partial charge in [0.2, 0.25) is 0 Å². The van der Waals surface area contributed by atoms with Gasteiger partial charge in [0.05, 0.1) is 0 Å². The Kier molecular flexibility index (Phi) is 1.58. The predicted octanol–water partition coefficient (Wildman–Crippen LogP) is 2.27. The lowest BCUT2D eigenvalue weighted by atomic mass is 10.3. The first kappa shape index (κ1) is 5.43. The van der Waals surface area contributed by atoms with E-state index in [1.54, 1.807) is 0 Å². The van der Waals surface area contributed by atoms with Crippen molar-refractivity contribution in [1.29, 1.82) is 0 Å². The normalized spacial score (nSPS) is 38.6. The molecule has 0 bridgehead atoms. The lowest BCUT2D eigenvalue weighted by Gasteiger charge is -1.85. The van der Waals surface area contributed by atoms with Gasteiger partial charge in [-0.25, -0.2) is 0 Å². The molecule has 42 valence electrons. The second-order valence-corrected chi connectivity index (χ2v) is 2.83. The van der Waals surface area contributed by atoms with Gasteiger partial charge in [-0.1, -0.05) is 6.92 Å². The second-order valence-electron chi connectivity index (χ2n) is 2.45. The van der Waals surface area contributed by atoms with Crippen LogP contribution >= 0.6 is 11.6 Å². The van der Waals surface area contributed by atoms with Gasteiger partial charge in [-0.05, 0) is 24.7 Å². The maximum Gasteiger partial charge on any atom is 0.0226 e. The van der Waals surface area contributed by atoms with Crippen molar-refractivity contribution in [3.63, 3.8) is 0 Å². The summed E-state index contributed by atoms with van der Waals surface area (Å²) < 4.78 is 0. The van der Waals surface area contributed by atoms with Gasteiger partial charge in [0, 0.05) is 5.88 Å². The third-order valence-corrected chi connectivity index (χ3v) is 1.97. The van der Waals surface area contributed by atoms with Gasteiger partial charge in [0.15, 0.2) is 0 Å². The number of halogens is 1. The molecule has 2 atom stereocenters. The summed E-state index contributed by atoms with van der Waals surface area (Å²) >= 11 is 5.50. The molecule has 1 saturated carbocycles. The summed E-state index contributed by atoms with van der Waals surface area (Å²) in [6.07, 6.45) is 2.66. The van der Waals surface area contributed by atoms with Crippen molar-refractivity contribution in [2.45, 2.75) is 19.8 Å². The fraction of sp³-hybridized carbons (Fsp3) is 1.00. The summed E-state index contributed by atoms with van der Waals surface area (Å²) in [7, 11) is 0. The van der Waals surface area contributed by atoms with E-state index in [0.717, 1.165) is 17.7 Å². The molecular weight excluding hydrogens is 108 g/mol. The average Bonchev–Trinajstić information content (AvgIpc) is 2.22. The van der Waals surface area contributed by atoms with Crippen LogP contribution in [-0.2, 0) is 0 Å². The molecule has 1 heteroatoms. The lowest BCUT2D eigenvalue weighted by Crippen LogP contribution is -1.77. The van der Waals surface area contributed by atoms with E-state index in [4.69, 9.17) is 11.6 Å². The Bertz CT molecular complexity index is 61.2. The molecule has 0 radical (unpaired) electrons. The molecule has 0 nitrogen and oxygen atoms in total. The van der Waals surface area contributed by atoms with Crippen molar-refractivity contribution >= 4 is 11.6 Å². The summed E-state index contributed by atoms with van der Waals surface area (Å²) in [5, 5.41) is 0. The third-order valence-electron chi connectivity index (χ3n) is 1.76. The van der Waals surface area contributed by atoms with Crippen molar-refractivity contribution in [1.82, 2.24) is 0 Å². The summed E-state index contributed by atoms with van der Waals surface area (Å²) in [5.41, 5.74) is 0. The fourth-order valence-corrected chi connectivity index (χ4v) is 1.22. The highest BCUT2D eigenvalue weighted by Crippen LogP contribution is 2.40. The Morgan fingerprint density at radius 2 is 2.29 bits per heavy atom. The highest BCUT2D eigenvalue weighted by molar-refractivity contribution is 6.17. The van der Waals surface area contributed by atoms with Gasteiger partial charge in [0.1, 0.15) is 0 Å². The molecule has 0 aromatic rings. The van der Waals surface area contributed by atoms with Crippen LogP contribution in [0.5, 0.6) is 0 Å². The van der Waals surface area contributed by atoms with Crippen LogP contribution in [0.2, 0.25) is 0 Å². The summed E-state index contributed by atoms with van der Waals surface area (Å²) in [4.78, 5) is 0. The molecule has 0 N–H and O–H groups in total. The Morgan fingerprint density at radius 1 is 1.71 bits per heavy atom. The van der Waals surface area contributed by atoms with Crippen LogP contribution in [0.1, 0.15) is 19.8 Å². The first-order valence-corrected chi connectivity index (χ1v) is 3.44. The molecule has 1 aliphatic rings. The van der Waals surface area contributed by atoms with E-state index >= 15 is 0 Å². The molecule has 0 heterocycles. The van der Waals surface area contributed by atoms with Crippen LogP contribution in [0.3, 0.4) is 0 Å². The summed E-state index contributed by atoms with van der Waals surface area (Å²) in [6.45, 7) is 2.29. The molecule has 0 aliphatic heterocycles. The maximum atomic E-state index is 5.50. The van der Waals surface area contributed by atoms with E-state index in [0.29, 0.717) is 0 Å². The van der Waals surface area contributed by atoms with Gasteiger partial charge in [-0.15, -0.1) is 11.6 Å². The smallest absolute Gasteiger partial charge is 0.0226 e. The quantitative estimate of drug-likeness (QED) is 0.488. The Morgan fingerprint density at radius 3 is 2.43 bits per heavy atom. The first-order chi connectivity index (χ1) is 3.34. The standard InChI is InChI=1S/C6H11Cl/c1-5-4-6(5)2-3-7/h5-6H,2-4H2,1H3. The van der Waals surface area contributed by atoms with E-state index in [1.807, 2.05) is 0 Å². The summed E-state index contributed by atoms with van der Waals surface area (Å²) in [5.74, 6) is 2.82. The molecule has 0 spiro atoms. The lowest BCUT2D eigenvalue weighted by molar-refractivity contribution is 0.728. The Labute approximate surface area is 49.9 Å². The van der Waals surface area contributed by atoms with Crippen LogP contribution in [0.25, 0.3) is 0 Å². The van der Waals surface area contributed by atoms with Crippen LogP contribution in [0, 0.1) is 11.8 Å². The third kappa shape index (κ3) is 1.34. The van der Waals surface area contributed by atoms with Crippen molar-refractivity contribution in [2.75, 3.05) is 5.88 Å². The predicted molar refractivity (Wildman–Crippen MR) is 32.6 cm³/mol. The second kappa shape index (κ2) is 2.04. The number of rotatable bonds is 2. The minimum atomic E-state index is 0.856. The Hall–Kier alpha value is 0.290. The highest BCUT2D eigenvalue weighted by Gasteiger charge is 2.30. The van der Waals surface area contributed by atoms with Crippen molar-refractivity contribution in [3.8, 4) is 0 Å². The van der Waals surface area contributed by atoms with Gasteiger partial charge >= 0.3 is 0 Å². The van der Waals surface area contributed by atoms with E-state index in [1.165, 1.54) is 12.8 Å². The SMILES string of the molecule is CC1CC1CCCl. The number of alkyl halides is 1. The van der Waals surface area contributed by atoms with Gasteiger partial charge in [0.25, 0.3) is 0 Å². The summed E-state index contributed by atoms with van der Waals surface area (Å²) in [6, 6.07) is 0. The fourth-order valence-electron chi connectivity index (χ4n) is 0.941. The zero-order valence-electron chi connectivity index (χ0n) is 4.65. The zero-order chi connectivity index (χ0) is 5.28. The number of hydrogen-bond donors (Lipinski definition) is 0. The molecule has 1 aliphatic carbocycles. The minimum absolute atomic E-state index is 0.856. The molecule has 0 saturated heterocycles. The minimum Gasteiger partial charge on any atom is -0.127 e. The molecule has 0 aromatic carbocycles. The molecule has 1 rings (SSSR count). The van der Waals surface area contributed by atoms with Crippen molar-refractivity contribution in [2.24, 2.45) is 11.8 Å². The largest absolute Gasteiger partial charge is 0.127 e. The van der Waals surface area contributed by atoms with Crippen molar-refractivity contribution < 1.29 is 0 Å². The van der Waals surface area contributed by atoms with Crippen molar-refractivity contribution in [3.05, 3.63) is 0 Å². The maximum absolute atomic E-state index is 5.50. The molecule has 2 unspecified atom stereocenters. The molecular formula is C6H11Cl. The molecule has 0 amide bonds. The Balaban J connectivity index is 1.98. The van der Waals surface area contributed by atoms with Crippen LogP contribution in [-0.4, -0.2) is 5.88 Å². The zero-order valence-corrected chi connectivity index (χ0v) is 5.41. The van der Waals surface area contributed by atoms with Crippen LogP contribution in [0.4, 0.5) is 0 Å². The van der Waals surface area contributed by atoms with E-state index in [9.17, 15) is 0 Å². The van der Waals surface area contributed by atoms with E-state index in [-0.39, 0.29) is 0 Å². The topological polar surface area (TPSA) is 0 Å². The monoisotopic (exact) mass is 118 g/mol. The molecule has 0 aromatic heterocycles. The average molecular weight is 119 g/mol. The van der Waals surface area contributed by atoms with Crippen LogP contribution < -0.4 is 0 Å². The molecule has 7 heavy (non-hydrogen) atoms. The number of hydrogen-bond acceptors (Lipinski definition) is 0. The van der Waals surface area contributed by atoms with E-state index in [2.05, 4.69) is 6.92 Å².